The van der Waals surface area contributed by atoms with Gasteiger partial charge in [-0.1, -0.05) is 42.0 Å². The van der Waals surface area contributed by atoms with Crippen molar-refractivity contribution in [3.63, 3.8) is 0 Å². The molecule has 5 nitrogen and oxygen atoms in total. The number of aryl methyl sites for hydroxylation is 1. The lowest BCUT2D eigenvalue weighted by Crippen LogP contribution is -2.43. The fraction of sp³-hybridized carbons (Fsp3) is 0.0952. The van der Waals surface area contributed by atoms with Crippen LogP contribution in [0.25, 0.3) is 0 Å². The summed E-state index contributed by atoms with van der Waals surface area (Å²) in [7, 11) is 0. The highest BCUT2D eigenvalue weighted by Gasteiger charge is 2.35. The predicted molar refractivity (Wildman–Crippen MR) is 101 cm³/mol. The number of anilines is 2. The van der Waals surface area contributed by atoms with E-state index >= 15 is 0 Å². The van der Waals surface area contributed by atoms with Gasteiger partial charge in [0.05, 0.1) is 5.56 Å². The van der Waals surface area contributed by atoms with Gasteiger partial charge in [0, 0.05) is 16.9 Å². The van der Waals surface area contributed by atoms with E-state index in [-0.39, 0.29) is 17.4 Å². The van der Waals surface area contributed by atoms with Crippen molar-refractivity contribution in [3.05, 3.63) is 83.4 Å². The molecule has 0 radical (unpaired) electrons. The van der Waals surface area contributed by atoms with Crippen LogP contribution in [-0.4, -0.2) is 16.1 Å². The van der Waals surface area contributed by atoms with Crippen LogP contribution in [0.2, 0.25) is 0 Å². The third-order valence-electron chi connectivity index (χ3n) is 4.58. The number of hydrogen-bond donors (Lipinski definition) is 3. The van der Waals surface area contributed by atoms with E-state index in [2.05, 4.69) is 5.32 Å². The number of rotatable bonds is 2. The largest absolute Gasteiger partial charge is 0.504 e. The van der Waals surface area contributed by atoms with E-state index < -0.39 is 6.17 Å². The van der Waals surface area contributed by atoms with E-state index in [0.29, 0.717) is 22.5 Å². The van der Waals surface area contributed by atoms with Gasteiger partial charge in [0.25, 0.3) is 5.91 Å². The highest BCUT2D eigenvalue weighted by atomic mass is 16.3. The number of para-hydroxylation sites is 2. The quantitative estimate of drug-likeness (QED) is 0.609. The van der Waals surface area contributed by atoms with Crippen molar-refractivity contribution < 1.29 is 15.0 Å². The molecule has 0 spiro atoms. The second-order valence-corrected chi connectivity index (χ2v) is 6.32. The van der Waals surface area contributed by atoms with E-state index in [0.717, 1.165) is 5.56 Å². The first kappa shape index (κ1) is 16.0. The number of aromatic hydroxyl groups is 2. The lowest BCUT2D eigenvalue weighted by Gasteiger charge is -2.38. The van der Waals surface area contributed by atoms with Crippen molar-refractivity contribution >= 4 is 17.3 Å². The molecule has 4 rings (SSSR count). The maximum atomic E-state index is 13.2. The summed E-state index contributed by atoms with van der Waals surface area (Å²) in [6, 6.07) is 19.6. The van der Waals surface area contributed by atoms with Crippen LogP contribution < -0.4 is 10.2 Å². The second-order valence-electron chi connectivity index (χ2n) is 6.32. The average Bonchev–Trinajstić information content (AvgIpc) is 2.65. The van der Waals surface area contributed by atoms with Crippen molar-refractivity contribution in [3.8, 4) is 11.5 Å². The third kappa shape index (κ3) is 2.54. The van der Waals surface area contributed by atoms with Crippen molar-refractivity contribution in [1.82, 2.24) is 0 Å². The summed E-state index contributed by atoms with van der Waals surface area (Å²) in [6.07, 6.45) is -0.646. The van der Waals surface area contributed by atoms with Crippen molar-refractivity contribution in [1.29, 1.82) is 0 Å². The summed E-state index contributed by atoms with van der Waals surface area (Å²) in [5, 5.41) is 23.6. The van der Waals surface area contributed by atoms with E-state index in [4.69, 9.17) is 0 Å². The van der Waals surface area contributed by atoms with Crippen LogP contribution in [0.1, 0.15) is 27.7 Å². The topological polar surface area (TPSA) is 72.8 Å². The van der Waals surface area contributed by atoms with Crippen LogP contribution in [0.4, 0.5) is 11.4 Å². The molecule has 0 saturated carbocycles. The Hall–Kier alpha value is -3.47. The first-order valence-electron chi connectivity index (χ1n) is 8.33. The maximum Gasteiger partial charge on any atom is 0.262 e. The molecule has 1 atom stereocenters. The fourth-order valence-electron chi connectivity index (χ4n) is 3.21. The Morgan fingerprint density at radius 1 is 0.923 bits per heavy atom. The molecule has 0 fully saturated rings. The molecule has 0 saturated heterocycles. The van der Waals surface area contributed by atoms with E-state index in [9.17, 15) is 15.0 Å². The fourth-order valence-corrected chi connectivity index (χ4v) is 3.21. The maximum absolute atomic E-state index is 13.2. The molecule has 3 aromatic carbocycles. The van der Waals surface area contributed by atoms with Crippen LogP contribution in [0.5, 0.6) is 11.5 Å². The van der Waals surface area contributed by atoms with Gasteiger partial charge in [-0.15, -0.1) is 0 Å². The number of fused-ring (bicyclic) bond motifs is 1. The molecule has 5 heteroatoms. The molecule has 1 aliphatic rings. The number of phenols is 2. The zero-order chi connectivity index (χ0) is 18.3. The Bertz CT molecular complexity index is 983. The normalized spacial score (nSPS) is 16.1. The minimum atomic E-state index is -0.646. The van der Waals surface area contributed by atoms with Gasteiger partial charge in [-0.25, -0.2) is 0 Å². The Morgan fingerprint density at radius 2 is 1.65 bits per heavy atom. The number of carbonyl (C=O) groups is 1. The van der Waals surface area contributed by atoms with Crippen LogP contribution in [0.15, 0.2) is 66.7 Å². The molecule has 26 heavy (non-hydrogen) atoms. The van der Waals surface area contributed by atoms with E-state index in [1.54, 1.807) is 23.1 Å². The van der Waals surface area contributed by atoms with Gasteiger partial charge in [-0.2, -0.15) is 0 Å². The number of nitrogens with one attached hydrogen (secondary N) is 1. The minimum absolute atomic E-state index is 0.170. The number of nitrogens with zero attached hydrogens (tertiary/aromatic N) is 1. The third-order valence-corrected chi connectivity index (χ3v) is 4.58. The van der Waals surface area contributed by atoms with Gasteiger partial charge in [0.2, 0.25) is 0 Å². The summed E-state index contributed by atoms with van der Waals surface area (Å²) < 4.78 is 0. The number of benzene rings is 3. The number of amides is 1. The summed E-state index contributed by atoms with van der Waals surface area (Å²) in [5.74, 6) is -0.635. The zero-order valence-electron chi connectivity index (χ0n) is 14.2. The summed E-state index contributed by atoms with van der Waals surface area (Å²) in [6.45, 7) is 1.98. The molecule has 0 bridgehead atoms. The average molecular weight is 346 g/mol. The predicted octanol–water partition coefficient (Wildman–Crippen LogP) is 4.18. The summed E-state index contributed by atoms with van der Waals surface area (Å²) in [4.78, 5) is 14.8. The molecule has 0 unspecified atom stereocenters. The molecule has 3 aromatic rings. The Balaban J connectivity index is 1.90. The SMILES string of the molecule is Cc1ccc(N2C(=O)c3ccccc3N[C@H]2c2cccc(O)c2O)cc1. The van der Waals surface area contributed by atoms with Gasteiger partial charge in [0.15, 0.2) is 11.5 Å². The van der Waals surface area contributed by atoms with Gasteiger partial charge < -0.3 is 15.5 Å². The van der Waals surface area contributed by atoms with Crippen LogP contribution >= 0.6 is 0 Å². The number of phenolic OH excluding ortho intramolecular Hbond substituents is 2. The first-order valence-corrected chi connectivity index (χ1v) is 8.33. The molecular weight excluding hydrogens is 328 g/mol. The molecule has 1 amide bonds. The second kappa shape index (κ2) is 6.11. The highest BCUT2D eigenvalue weighted by molar-refractivity contribution is 6.12. The van der Waals surface area contributed by atoms with Crippen LogP contribution in [0, 0.1) is 6.92 Å². The lowest BCUT2D eigenvalue weighted by atomic mass is 10.0. The number of hydrogen-bond acceptors (Lipinski definition) is 4. The van der Waals surface area contributed by atoms with Crippen molar-refractivity contribution in [2.45, 2.75) is 13.1 Å². The molecule has 1 heterocycles. The van der Waals surface area contributed by atoms with Crippen molar-refractivity contribution in [2.75, 3.05) is 10.2 Å². The standard InChI is InChI=1S/C21H18N2O3/c1-13-9-11-14(12-10-13)23-20(16-6-4-8-18(24)19(16)25)22-17-7-3-2-5-15(17)21(23)26/h2-12,20,22,24-25H,1H3/t20-/m1/s1. The Labute approximate surface area is 151 Å². The van der Waals surface area contributed by atoms with Crippen LogP contribution in [-0.2, 0) is 0 Å². The summed E-state index contributed by atoms with van der Waals surface area (Å²) in [5.41, 5.74) is 3.46. The summed E-state index contributed by atoms with van der Waals surface area (Å²) >= 11 is 0. The van der Waals surface area contributed by atoms with Crippen LogP contribution in [0.3, 0.4) is 0 Å². The smallest absolute Gasteiger partial charge is 0.262 e. The zero-order valence-corrected chi connectivity index (χ0v) is 14.2. The van der Waals surface area contributed by atoms with E-state index in [1.807, 2.05) is 49.4 Å². The number of carbonyl (C=O) groups excluding carboxylic acids is 1. The molecule has 0 aliphatic carbocycles. The first-order chi connectivity index (χ1) is 12.6. The van der Waals surface area contributed by atoms with Gasteiger partial charge in [-0.3, -0.25) is 9.69 Å². The Morgan fingerprint density at radius 3 is 2.42 bits per heavy atom. The van der Waals surface area contributed by atoms with Gasteiger partial charge >= 0.3 is 0 Å². The highest BCUT2D eigenvalue weighted by Crippen LogP contribution is 2.41. The lowest BCUT2D eigenvalue weighted by molar-refractivity contribution is 0.0974. The Kier molecular flexibility index (Phi) is 3.77. The monoisotopic (exact) mass is 346 g/mol. The minimum Gasteiger partial charge on any atom is -0.504 e. The molecule has 3 N–H and O–H groups in total. The van der Waals surface area contributed by atoms with Gasteiger partial charge in [0.1, 0.15) is 6.17 Å². The molecule has 1 aliphatic heterocycles. The van der Waals surface area contributed by atoms with Gasteiger partial charge in [-0.05, 0) is 37.3 Å². The molecular formula is C21H18N2O3. The molecule has 130 valence electrons. The van der Waals surface area contributed by atoms with E-state index in [1.165, 1.54) is 6.07 Å². The molecule has 0 aromatic heterocycles. The van der Waals surface area contributed by atoms with Crippen molar-refractivity contribution in [2.24, 2.45) is 0 Å².